The average Bonchev–Trinajstić information content (AvgIpc) is 2.28. The average molecular weight is 276 g/mol. The van der Waals surface area contributed by atoms with E-state index in [-0.39, 0.29) is 0 Å². The quantitative estimate of drug-likeness (QED) is 0.500. The van der Waals surface area contributed by atoms with Gasteiger partial charge >= 0.3 is 7.59 Å². The highest BCUT2D eigenvalue weighted by Crippen LogP contribution is 2.42. The van der Waals surface area contributed by atoms with E-state index in [0.29, 0.717) is 0 Å². The lowest BCUT2D eigenvalue weighted by Crippen LogP contribution is -2.31. The van der Waals surface area contributed by atoms with Crippen LogP contribution < -0.4 is 9.21 Å². The Morgan fingerprint density at radius 3 is 1.73 bits per heavy atom. The Kier molecular flexibility index (Phi) is 9.20. The van der Waals surface area contributed by atoms with Crippen molar-refractivity contribution in [3.05, 3.63) is 0 Å². The second-order valence-electron chi connectivity index (χ2n) is 3.41. The summed E-state index contributed by atoms with van der Waals surface area (Å²) >= 11 is 10.9. The van der Waals surface area contributed by atoms with Gasteiger partial charge in [0.15, 0.2) is 0 Å². The van der Waals surface area contributed by atoms with Crippen molar-refractivity contribution in [2.75, 3.05) is 13.1 Å². The van der Waals surface area contributed by atoms with Crippen molar-refractivity contribution in [1.82, 2.24) is 13.9 Å². The van der Waals surface area contributed by atoms with Crippen LogP contribution in [0, 0.1) is 0 Å². The molecule has 0 aromatic heterocycles. The Labute approximate surface area is 102 Å². The van der Waals surface area contributed by atoms with Crippen LogP contribution in [0.4, 0.5) is 0 Å². The first-order valence-corrected chi connectivity index (χ1v) is 7.67. The number of hydrogen-bond donors (Lipinski definition) is 2. The second kappa shape index (κ2) is 8.80. The molecule has 0 radical (unpaired) electrons. The minimum Gasteiger partial charge on any atom is -0.268 e. The van der Waals surface area contributed by atoms with Gasteiger partial charge in [-0.2, -0.15) is 9.21 Å². The van der Waals surface area contributed by atoms with E-state index in [1.165, 1.54) is 0 Å². The molecule has 0 aromatic rings. The fourth-order valence-electron chi connectivity index (χ4n) is 1.20. The highest BCUT2D eigenvalue weighted by atomic mass is 35.5. The standard InChI is InChI=1S/C8H20Cl2N3OP/c1-3-5-7-13(8-6-4-2)15(14,11-9)12-10/h3-8H2,1-2H3,(H2,11,12,14). The van der Waals surface area contributed by atoms with Crippen LogP contribution in [0.3, 0.4) is 0 Å². The molecule has 0 amide bonds. The molecule has 4 nitrogen and oxygen atoms in total. The van der Waals surface area contributed by atoms with Crippen LogP contribution in [-0.4, -0.2) is 17.8 Å². The highest BCUT2D eigenvalue weighted by molar-refractivity contribution is 7.59. The molecule has 0 aliphatic heterocycles. The molecule has 0 saturated carbocycles. The maximum absolute atomic E-state index is 12.1. The third-order valence-corrected chi connectivity index (χ3v) is 5.20. The molecule has 0 heterocycles. The lowest BCUT2D eigenvalue weighted by atomic mass is 10.3. The van der Waals surface area contributed by atoms with Gasteiger partial charge in [0.2, 0.25) is 0 Å². The number of halogens is 2. The maximum atomic E-state index is 12.1. The van der Waals surface area contributed by atoms with Gasteiger partial charge in [0.05, 0.1) is 0 Å². The highest BCUT2D eigenvalue weighted by Gasteiger charge is 2.28. The fourth-order valence-corrected chi connectivity index (χ4v) is 3.31. The monoisotopic (exact) mass is 275 g/mol. The predicted octanol–water partition coefficient (Wildman–Crippen LogP) is 3.48. The molecule has 0 aliphatic rings. The fraction of sp³-hybridized carbons (Fsp3) is 1.00. The van der Waals surface area contributed by atoms with Gasteiger partial charge in [-0.3, -0.25) is 4.57 Å². The van der Waals surface area contributed by atoms with E-state index in [1.54, 1.807) is 4.67 Å². The Hall–Kier alpha value is 0.690. The lowest BCUT2D eigenvalue weighted by Gasteiger charge is -2.28. The number of rotatable bonds is 9. The Morgan fingerprint density at radius 1 is 1.07 bits per heavy atom. The molecule has 0 rings (SSSR count). The molecule has 0 saturated heterocycles. The summed E-state index contributed by atoms with van der Waals surface area (Å²) in [4.78, 5) is 0. The molecular weight excluding hydrogens is 256 g/mol. The zero-order valence-corrected chi connectivity index (χ0v) is 11.7. The van der Waals surface area contributed by atoms with Gasteiger partial charge in [0.1, 0.15) is 0 Å². The number of unbranched alkanes of at least 4 members (excludes halogenated alkanes) is 2. The van der Waals surface area contributed by atoms with Crippen molar-refractivity contribution in [2.45, 2.75) is 39.5 Å². The van der Waals surface area contributed by atoms with E-state index in [9.17, 15) is 4.57 Å². The van der Waals surface area contributed by atoms with Crippen molar-refractivity contribution in [2.24, 2.45) is 0 Å². The maximum Gasteiger partial charge on any atom is 0.309 e. The van der Waals surface area contributed by atoms with Crippen molar-refractivity contribution in [1.29, 1.82) is 0 Å². The Balaban J connectivity index is 4.36. The van der Waals surface area contributed by atoms with Crippen LogP contribution in [0.25, 0.3) is 0 Å². The molecule has 0 fully saturated rings. The first-order valence-electron chi connectivity index (χ1n) is 5.25. The minimum atomic E-state index is -2.99. The van der Waals surface area contributed by atoms with E-state index in [4.69, 9.17) is 23.6 Å². The normalized spacial score (nSPS) is 12.3. The molecule has 0 unspecified atom stereocenters. The minimum absolute atomic E-state index is 0.729. The van der Waals surface area contributed by atoms with Gasteiger partial charge in [-0.1, -0.05) is 26.7 Å². The molecule has 0 bridgehead atoms. The number of nitrogens with one attached hydrogen (secondary N) is 2. The van der Waals surface area contributed by atoms with E-state index >= 15 is 0 Å². The first kappa shape index (κ1) is 15.7. The molecule has 0 atom stereocenters. The molecule has 7 heteroatoms. The zero-order chi connectivity index (χ0) is 11.7. The summed E-state index contributed by atoms with van der Waals surface area (Å²) in [5.41, 5.74) is 0. The Morgan fingerprint density at radius 2 is 1.47 bits per heavy atom. The van der Waals surface area contributed by atoms with Crippen LogP contribution in [-0.2, 0) is 4.57 Å². The Bertz CT molecular complexity index is 190. The van der Waals surface area contributed by atoms with Crippen molar-refractivity contribution >= 4 is 31.1 Å². The molecule has 0 aromatic carbocycles. The zero-order valence-electron chi connectivity index (χ0n) is 9.30. The lowest BCUT2D eigenvalue weighted by molar-refractivity contribution is 0.388. The van der Waals surface area contributed by atoms with Gasteiger partial charge in [-0.05, 0) is 36.4 Å². The summed E-state index contributed by atoms with van der Waals surface area (Å²) in [5, 5.41) is 0. The largest absolute Gasteiger partial charge is 0.309 e. The van der Waals surface area contributed by atoms with Crippen LogP contribution in [0.2, 0.25) is 0 Å². The topological polar surface area (TPSA) is 44.4 Å². The van der Waals surface area contributed by atoms with Crippen molar-refractivity contribution < 1.29 is 4.57 Å². The van der Waals surface area contributed by atoms with Gasteiger partial charge < -0.3 is 0 Å². The predicted molar refractivity (Wildman–Crippen MR) is 67.0 cm³/mol. The second-order valence-corrected chi connectivity index (χ2v) is 6.48. The SMILES string of the molecule is CCCCN(CCCC)P(=O)(NCl)NCl. The van der Waals surface area contributed by atoms with Crippen LogP contribution in [0.5, 0.6) is 0 Å². The summed E-state index contributed by atoms with van der Waals surface area (Å²) in [6.45, 7) is 5.64. The summed E-state index contributed by atoms with van der Waals surface area (Å²) < 4.78 is 18.4. The van der Waals surface area contributed by atoms with E-state index in [1.807, 2.05) is 0 Å². The molecular formula is C8H20Cl2N3OP. The molecule has 0 aliphatic carbocycles. The van der Waals surface area contributed by atoms with Crippen molar-refractivity contribution in [3.8, 4) is 0 Å². The molecule has 0 spiro atoms. The summed E-state index contributed by atoms with van der Waals surface area (Å²) in [6, 6.07) is 0. The number of nitrogens with zero attached hydrogens (tertiary/aromatic N) is 1. The van der Waals surface area contributed by atoms with E-state index < -0.39 is 7.59 Å². The van der Waals surface area contributed by atoms with Gasteiger partial charge in [0, 0.05) is 13.1 Å². The number of hydrogen-bond acceptors (Lipinski definition) is 1. The van der Waals surface area contributed by atoms with Gasteiger partial charge in [0.25, 0.3) is 0 Å². The van der Waals surface area contributed by atoms with E-state index in [2.05, 4.69) is 23.1 Å². The first-order chi connectivity index (χ1) is 7.14. The smallest absolute Gasteiger partial charge is 0.268 e. The van der Waals surface area contributed by atoms with Crippen LogP contribution in [0.1, 0.15) is 39.5 Å². The summed E-state index contributed by atoms with van der Waals surface area (Å²) in [6.07, 6.45) is 4.05. The van der Waals surface area contributed by atoms with E-state index in [0.717, 1.165) is 38.8 Å². The van der Waals surface area contributed by atoms with Crippen LogP contribution >= 0.6 is 31.1 Å². The van der Waals surface area contributed by atoms with Crippen LogP contribution in [0.15, 0.2) is 0 Å². The van der Waals surface area contributed by atoms with Crippen molar-refractivity contribution in [3.63, 3.8) is 0 Å². The summed E-state index contributed by atoms with van der Waals surface area (Å²) in [7, 11) is -2.99. The van der Waals surface area contributed by atoms with Gasteiger partial charge in [-0.25, -0.2) is 4.67 Å². The molecule has 15 heavy (non-hydrogen) atoms. The third kappa shape index (κ3) is 5.53. The molecule has 2 N–H and O–H groups in total. The summed E-state index contributed by atoms with van der Waals surface area (Å²) in [5.74, 6) is 0. The molecule has 92 valence electrons. The third-order valence-electron chi connectivity index (χ3n) is 2.17. The van der Waals surface area contributed by atoms with Gasteiger partial charge in [-0.15, -0.1) is 0 Å².